The van der Waals surface area contributed by atoms with Crippen LogP contribution in [0.1, 0.15) is 43.7 Å². The third-order valence-corrected chi connectivity index (χ3v) is 2.93. The van der Waals surface area contributed by atoms with E-state index in [1.807, 2.05) is 0 Å². The molecule has 0 aliphatic rings. The van der Waals surface area contributed by atoms with Gasteiger partial charge in [0.2, 0.25) is 0 Å². The van der Waals surface area contributed by atoms with E-state index in [1.54, 1.807) is 0 Å². The summed E-state index contributed by atoms with van der Waals surface area (Å²) in [5.74, 6) is 2.28. The first kappa shape index (κ1) is 13.4. The van der Waals surface area contributed by atoms with Gasteiger partial charge in [0, 0.05) is 5.88 Å². The lowest BCUT2D eigenvalue weighted by Gasteiger charge is -2.12. The number of rotatable bonds is 6. The van der Waals surface area contributed by atoms with Crippen molar-refractivity contribution in [1.82, 2.24) is 0 Å². The average molecular weight is 241 g/mol. The molecule has 90 valence electrons. The maximum Gasteiger partial charge on any atom is 0.122 e. The second kappa shape index (κ2) is 6.80. The molecule has 0 saturated heterocycles. The number of hydrogen-bond acceptors (Lipinski definition) is 1. The Bertz CT molecular complexity index is 321. The van der Waals surface area contributed by atoms with Crippen molar-refractivity contribution in [2.45, 2.75) is 39.5 Å². The maximum absolute atomic E-state index is 5.77. The summed E-state index contributed by atoms with van der Waals surface area (Å²) in [5.41, 5.74) is 2.54. The fourth-order valence-electron chi connectivity index (χ4n) is 1.51. The van der Waals surface area contributed by atoms with Gasteiger partial charge in [0.1, 0.15) is 5.75 Å². The second-order valence-corrected chi connectivity index (χ2v) is 4.80. The van der Waals surface area contributed by atoms with Crippen LogP contribution in [0.3, 0.4) is 0 Å². The molecule has 0 radical (unpaired) electrons. The van der Waals surface area contributed by atoms with Crippen LogP contribution in [0.15, 0.2) is 18.2 Å². The quantitative estimate of drug-likeness (QED) is 0.525. The first-order chi connectivity index (χ1) is 7.65. The molecule has 0 bridgehead atoms. The molecule has 16 heavy (non-hydrogen) atoms. The van der Waals surface area contributed by atoms with Gasteiger partial charge in [-0.25, -0.2) is 0 Å². The van der Waals surface area contributed by atoms with Gasteiger partial charge in [0.15, 0.2) is 0 Å². The fourth-order valence-corrected chi connectivity index (χ4v) is 1.70. The summed E-state index contributed by atoms with van der Waals surface area (Å²) >= 11 is 5.63. The van der Waals surface area contributed by atoms with Crippen LogP contribution in [0.25, 0.3) is 0 Å². The number of hydrogen-bond donors (Lipinski definition) is 0. The highest BCUT2D eigenvalue weighted by Gasteiger charge is 2.04. The third-order valence-electron chi connectivity index (χ3n) is 2.66. The molecule has 0 atom stereocenters. The van der Waals surface area contributed by atoms with Crippen LogP contribution in [-0.2, 0) is 0 Å². The lowest BCUT2D eigenvalue weighted by molar-refractivity contribution is 0.307. The van der Waals surface area contributed by atoms with Crippen LogP contribution < -0.4 is 4.74 Å². The molecular formula is C14H21ClO. The number of benzene rings is 1. The summed E-state index contributed by atoms with van der Waals surface area (Å²) in [5, 5.41) is 0. The number of aryl methyl sites for hydroxylation is 1. The SMILES string of the molecule is Cc1ccc(C(C)C)cc1OCCCCCl. The van der Waals surface area contributed by atoms with Crippen molar-refractivity contribution < 1.29 is 4.74 Å². The lowest BCUT2D eigenvalue weighted by atomic mass is 10.0. The molecule has 0 amide bonds. The van der Waals surface area contributed by atoms with Crippen molar-refractivity contribution in [2.75, 3.05) is 12.5 Å². The minimum Gasteiger partial charge on any atom is -0.493 e. The van der Waals surface area contributed by atoms with Crippen molar-refractivity contribution in [2.24, 2.45) is 0 Å². The van der Waals surface area contributed by atoms with Gasteiger partial charge in [-0.3, -0.25) is 0 Å². The zero-order valence-electron chi connectivity index (χ0n) is 10.4. The van der Waals surface area contributed by atoms with Crippen molar-refractivity contribution in [3.8, 4) is 5.75 Å². The molecule has 1 aromatic carbocycles. The monoisotopic (exact) mass is 240 g/mol. The first-order valence-electron chi connectivity index (χ1n) is 5.94. The molecule has 0 unspecified atom stereocenters. The minimum atomic E-state index is 0.547. The molecule has 0 aliphatic heterocycles. The summed E-state index contributed by atoms with van der Waals surface area (Å²) in [7, 11) is 0. The average Bonchev–Trinajstić information content (AvgIpc) is 2.26. The Morgan fingerprint density at radius 1 is 1.25 bits per heavy atom. The van der Waals surface area contributed by atoms with E-state index in [2.05, 4.69) is 39.0 Å². The van der Waals surface area contributed by atoms with E-state index in [-0.39, 0.29) is 0 Å². The zero-order chi connectivity index (χ0) is 12.0. The molecule has 0 spiro atoms. The van der Waals surface area contributed by atoms with E-state index in [1.165, 1.54) is 11.1 Å². The van der Waals surface area contributed by atoms with E-state index in [0.29, 0.717) is 11.8 Å². The largest absolute Gasteiger partial charge is 0.493 e. The highest BCUT2D eigenvalue weighted by molar-refractivity contribution is 6.17. The molecule has 0 saturated carbocycles. The number of ether oxygens (including phenoxy) is 1. The molecule has 2 heteroatoms. The number of halogens is 1. The Morgan fingerprint density at radius 2 is 2.00 bits per heavy atom. The lowest BCUT2D eigenvalue weighted by Crippen LogP contribution is -2.00. The molecule has 0 aromatic heterocycles. The standard InChI is InChI=1S/C14H21ClO/c1-11(2)13-7-6-12(3)14(10-13)16-9-5-4-8-15/h6-7,10-11H,4-5,8-9H2,1-3H3. The molecule has 0 N–H and O–H groups in total. The first-order valence-corrected chi connectivity index (χ1v) is 6.48. The van der Waals surface area contributed by atoms with Crippen molar-refractivity contribution in [1.29, 1.82) is 0 Å². The molecule has 1 aromatic rings. The molecule has 1 rings (SSSR count). The van der Waals surface area contributed by atoms with Crippen molar-refractivity contribution in [3.63, 3.8) is 0 Å². The summed E-state index contributed by atoms with van der Waals surface area (Å²) in [6.45, 7) is 7.24. The van der Waals surface area contributed by atoms with Crippen LogP contribution in [-0.4, -0.2) is 12.5 Å². The summed E-state index contributed by atoms with van der Waals surface area (Å²) in [4.78, 5) is 0. The van der Waals surface area contributed by atoms with Gasteiger partial charge in [-0.1, -0.05) is 26.0 Å². The van der Waals surface area contributed by atoms with Gasteiger partial charge in [-0.15, -0.1) is 11.6 Å². The highest BCUT2D eigenvalue weighted by Crippen LogP contribution is 2.24. The highest BCUT2D eigenvalue weighted by atomic mass is 35.5. The van der Waals surface area contributed by atoms with Gasteiger partial charge in [0.05, 0.1) is 6.61 Å². The minimum absolute atomic E-state index is 0.547. The molecule has 0 aliphatic carbocycles. The smallest absolute Gasteiger partial charge is 0.122 e. The Hall–Kier alpha value is -0.690. The van der Waals surface area contributed by atoms with E-state index in [9.17, 15) is 0 Å². The van der Waals surface area contributed by atoms with Gasteiger partial charge < -0.3 is 4.74 Å². The normalized spacial score (nSPS) is 10.8. The van der Waals surface area contributed by atoms with E-state index in [0.717, 1.165) is 25.2 Å². The van der Waals surface area contributed by atoms with E-state index >= 15 is 0 Å². The van der Waals surface area contributed by atoms with Gasteiger partial charge in [-0.2, -0.15) is 0 Å². The second-order valence-electron chi connectivity index (χ2n) is 4.42. The van der Waals surface area contributed by atoms with Crippen LogP contribution in [0.4, 0.5) is 0 Å². The maximum atomic E-state index is 5.77. The number of unbranched alkanes of at least 4 members (excludes halogenated alkanes) is 1. The summed E-state index contributed by atoms with van der Waals surface area (Å²) < 4.78 is 5.77. The fraction of sp³-hybridized carbons (Fsp3) is 0.571. The van der Waals surface area contributed by atoms with Crippen molar-refractivity contribution >= 4 is 11.6 Å². The molecule has 1 nitrogen and oxygen atoms in total. The van der Waals surface area contributed by atoms with E-state index in [4.69, 9.17) is 16.3 Å². The molecule has 0 fully saturated rings. The van der Waals surface area contributed by atoms with Crippen molar-refractivity contribution in [3.05, 3.63) is 29.3 Å². The third kappa shape index (κ3) is 4.05. The van der Waals surface area contributed by atoms with Gasteiger partial charge in [0.25, 0.3) is 0 Å². The topological polar surface area (TPSA) is 9.23 Å². The van der Waals surface area contributed by atoms with Gasteiger partial charge >= 0.3 is 0 Å². The Morgan fingerprint density at radius 3 is 2.62 bits per heavy atom. The Labute approximate surface area is 104 Å². The Balaban J connectivity index is 2.60. The van der Waals surface area contributed by atoms with E-state index < -0.39 is 0 Å². The predicted molar refractivity (Wildman–Crippen MR) is 70.7 cm³/mol. The van der Waals surface area contributed by atoms with Crippen LogP contribution >= 0.6 is 11.6 Å². The molecular weight excluding hydrogens is 220 g/mol. The summed E-state index contributed by atoms with van der Waals surface area (Å²) in [6.07, 6.45) is 2.04. The Kier molecular flexibility index (Phi) is 5.68. The van der Waals surface area contributed by atoms with Gasteiger partial charge in [-0.05, 0) is 42.9 Å². The number of alkyl halides is 1. The van der Waals surface area contributed by atoms with Crippen LogP contribution in [0.2, 0.25) is 0 Å². The summed E-state index contributed by atoms with van der Waals surface area (Å²) in [6, 6.07) is 6.46. The van der Waals surface area contributed by atoms with Crippen LogP contribution in [0.5, 0.6) is 5.75 Å². The zero-order valence-corrected chi connectivity index (χ0v) is 11.2. The molecule has 0 heterocycles. The predicted octanol–water partition coefficient (Wildman–Crippen LogP) is 4.52. The van der Waals surface area contributed by atoms with Crippen LogP contribution in [0, 0.1) is 6.92 Å².